The minimum atomic E-state index is -3.01. The van der Waals surface area contributed by atoms with Gasteiger partial charge in [-0.2, -0.15) is 0 Å². The van der Waals surface area contributed by atoms with Crippen LogP contribution in [-0.4, -0.2) is 40.1 Å². The van der Waals surface area contributed by atoms with Crippen molar-refractivity contribution < 1.29 is 0 Å². The normalized spacial score (nSPS) is 14.9. The molecule has 0 saturated heterocycles. The third kappa shape index (κ3) is 5.02. The fraction of sp³-hybridized carbons (Fsp3) is 0.182. The molecule has 0 bridgehead atoms. The summed E-state index contributed by atoms with van der Waals surface area (Å²) >= 11 is 0. The summed E-state index contributed by atoms with van der Waals surface area (Å²) in [5.41, 5.74) is 19.2. The van der Waals surface area contributed by atoms with Gasteiger partial charge in [-0.3, -0.25) is 0 Å². The second kappa shape index (κ2) is 13.9. The van der Waals surface area contributed by atoms with Crippen LogP contribution in [0.2, 0.25) is 36.3 Å². The van der Waals surface area contributed by atoms with Crippen molar-refractivity contribution in [1.29, 1.82) is 0 Å². The molecule has 0 saturated carbocycles. The fourth-order valence-electron chi connectivity index (χ4n) is 14.1. The molecule has 2 aromatic heterocycles. The van der Waals surface area contributed by atoms with E-state index in [9.17, 15) is 0 Å². The van der Waals surface area contributed by atoms with Gasteiger partial charge in [-0.25, -0.2) is 0 Å². The van der Waals surface area contributed by atoms with Gasteiger partial charge >= 0.3 is 0 Å². The van der Waals surface area contributed by atoms with Gasteiger partial charge in [0.15, 0.2) is 8.07 Å². The average molecular weight is 975 g/mol. The number of aromatic nitrogens is 2. The van der Waals surface area contributed by atoms with Crippen molar-refractivity contribution in [2.24, 2.45) is 0 Å². The summed E-state index contributed by atoms with van der Waals surface area (Å²) in [6.07, 6.45) is 0. The van der Waals surface area contributed by atoms with Crippen molar-refractivity contribution in [1.82, 2.24) is 9.13 Å². The first kappa shape index (κ1) is 42.9. The molecule has 4 aliphatic heterocycles. The maximum absolute atomic E-state index is 3.01. The highest BCUT2D eigenvalue weighted by atomic mass is 28.3. The van der Waals surface area contributed by atoms with Gasteiger partial charge < -0.3 is 9.13 Å². The Bertz CT molecular complexity index is 4190. The molecule has 11 aromatic rings. The first-order valence-corrected chi connectivity index (χ1v) is 34.3. The Morgan fingerprint density at radius 1 is 0.444 bits per heavy atom. The van der Waals surface area contributed by atoms with E-state index in [1.807, 2.05) is 0 Å². The first-order valence-electron chi connectivity index (χ1n) is 26.3. The topological polar surface area (TPSA) is 9.86 Å². The van der Waals surface area contributed by atoms with Crippen molar-refractivity contribution in [2.45, 2.75) is 77.8 Å². The zero-order valence-electron chi connectivity index (χ0n) is 43.2. The lowest BCUT2D eigenvalue weighted by Crippen LogP contribution is -2.77. The third-order valence-electron chi connectivity index (χ3n) is 19.6. The van der Waals surface area contributed by atoms with Crippen LogP contribution in [0.3, 0.4) is 0 Å². The molecular weight excluding hydrogens is 916 g/mol. The van der Waals surface area contributed by atoms with Gasteiger partial charge in [-0.05, 0) is 86.3 Å². The van der Waals surface area contributed by atoms with E-state index in [4.69, 9.17) is 0 Å². The van der Waals surface area contributed by atoms with Crippen LogP contribution in [0.15, 0.2) is 176 Å². The lowest BCUT2D eigenvalue weighted by atomic mass is 9.34. The quantitative estimate of drug-likeness (QED) is 0.156. The standard InChI is InChI=1S/C66H59BN2Si3/c1-65(2,3)70(7,8)43-36-48-49-37-44(71(9,10)66(4,5)6)39-56-62(49)69-61(48)51(38-43)67-50-35-42-27-17-18-28-45(42)58-57(40-23-13-11-14-24-40)60(41-25-15-12-16-26-41)68(63(50)58)52-33-34-55(64(69)59(52)67)72(56)53-31-21-19-29-46(53)47-30-20-22-32-54(47)72/h11-39H,1-10H3. The van der Waals surface area contributed by atoms with Gasteiger partial charge in [0.05, 0.1) is 32.9 Å². The number of rotatable bonds is 4. The van der Waals surface area contributed by atoms with Crippen LogP contribution in [0.4, 0.5) is 0 Å². The third-order valence-corrected chi connectivity index (χ3v) is 35.5. The van der Waals surface area contributed by atoms with Crippen LogP contribution in [0, 0.1) is 0 Å². The Labute approximate surface area is 427 Å². The van der Waals surface area contributed by atoms with Gasteiger partial charge in [0.25, 0.3) is 6.71 Å². The van der Waals surface area contributed by atoms with Crippen LogP contribution in [0.25, 0.3) is 88.4 Å². The molecule has 15 rings (SSSR count). The molecule has 0 aliphatic carbocycles. The van der Waals surface area contributed by atoms with Crippen LogP contribution >= 0.6 is 0 Å². The second-order valence-corrected chi connectivity index (χ2v) is 39.1. The summed E-state index contributed by atoms with van der Waals surface area (Å²) in [4.78, 5) is 0. The first-order chi connectivity index (χ1) is 34.5. The molecule has 9 aromatic carbocycles. The molecule has 4 aliphatic rings. The largest absolute Gasteiger partial charge is 0.310 e. The molecule has 6 heteroatoms. The number of hydrogen-bond acceptors (Lipinski definition) is 0. The van der Waals surface area contributed by atoms with E-state index in [2.05, 4.69) is 253 Å². The van der Waals surface area contributed by atoms with Crippen molar-refractivity contribution in [3.05, 3.63) is 176 Å². The molecule has 72 heavy (non-hydrogen) atoms. The predicted molar refractivity (Wildman–Crippen MR) is 320 cm³/mol. The Morgan fingerprint density at radius 2 is 0.986 bits per heavy atom. The molecule has 0 atom stereocenters. The van der Waals surface area contributed by atoms with Crippen molar-refractivity contribution in [3.63, 3.8) is 0 Å². The van der Waals surface area contributed by atoms with E-state index < -0.39 is 24.2 Å². The minimum absolute atomic E-state index is 0.0140. The average Bonchev–Trinajstić information content (AvgIpc) is 4.01. The zero-order chi connectivity index (χ0) is 49.2. The summed E-state index contributed by atoms with van der Waals surface area (Å²) in [5.74, 6) is 0. The van der Waals surface area contributed by atoms with E-state index in [1.165, 1.54) is 105 Å². The lowest BCUT2D eigenvalue weighted by Gasteiger charge is -2.44. The van der Waals surface area contributed by atoms with E-state index in [1.54, 1.807) is 31.1 Å². The summed E-state index contributed by atoms with van der Waals surface area (Å²) in [5, 5.41) is 16.5. The molecule has 0 N–H and O–H groups in total. The number of fused-ring (bicyclic) bond motifs is 13. The number of benzene rings is 9. The Kier molecular flexibility index (Phi) is 8.27. The van der Waals surface area contributed by atoms with Crippen molar-refractivity contribution >= 4 is 122 Å². The molecule has 0 amide bonds. The molecule has 2 nitrogen and oxygen atoms in total. The minimum Gasteiger partial charge on any atom is -0.310 e. The van der Waals surface area contributed by atoms with Gasteiger partial charge in [0, 0.05) is 38.6 Å². The molecule has 1 spiro atoms. The Hall–Kier alpha value is -6.70. The maximum Gasteiger partial charge on any atom is 0.252 e. The fourth-order valence-corrected chi connectivity index (χ4v) is 23.6. The van der Waals surface area contributed by atoms with E-state index in [0.29, 0.717) is 0 Å². The Balaban J connectivity index is 1.23. The van der Waals surface area contributed by atoms with E-state index in [0.717, 1.165) is 0 Å². The van der Waals surface area contributed by atoms with Gasteiger partial charge in [-0.15, -0.1) is 0 Å². The molecule has 0 unspecified atom stereocenters. The maximum atomic E-state index is 2.86. The van der Waals surface area contributed by atoms with Crippen molar-refractivity contribution in [3.8, 4) is 44.9 Å². The van der Waals surface area contributed by atoms with Crippen LogP contribution in [0.5, 0.6) is 0 Å². The second-order valence-electron chi connectivity index (χ2n) is 24.8. The molecule has 348 valence electrons. The van der Waals surface area contributed by atoms with E-state index in [-0.39, 0.29) is 16.8 Å². The summed E-state index contributed by atoms with van der Waals surface area (Å²) in [6.45, 7) is 25.6. The predicted octanol–water partition coefficient (Wildman–Crippen LogP) is 11.5. The highest BCUT2D eigenvalue weighted by molar-refractivity contribution is 7.24. The lowest BCUT2D eigenvalue weighted by molar-refractivity contribution is 0.729. The van der Waals surface area contributed by atoms with Crippen LogP contribution in [0.1, 0.15) is 41.5 Å². The van der Waals surface area contributed by atoms with Gasteiger partial charge in [-0.1, -0.05) is 248 Å². The Morgan fingerprint density at radius 3 is 1.62 bits per heavy atom. The van der Waals surface area contributed by atoms with E-state index >= 15 is 0 Å². The van der Waals surface area contributed by atoms with Crippen molar-refractivity contribution in [2.75, 3.05) is 0 Å². The highest BCUT2D eigenvalue weighted by Crippen LogP contribution is 2.49. The summed E-state index contributed by atoms with van der Waals surface area (Å²) in [6, 6.07) is 69.8. The van der Waals surface area contributed by atoms with Gasteiger partial charge in [0.1, 0.15) is 0 Å². The van der Waals surface area contributed by atoms with Crippen LogP contribution < -0.4 is 47.5 Å². The SMILES string of the molecule is CC(C)(C)[Si](C)(C)c1cc2c3c(c1)c1cc([Si](C)(C)C(C)(C)C)cc4c1n3-c1c(ccc3c1B2c1cc2ccccc2c2c(-c5ccccc5)c(-c5ccccc5)n-3c12)[Si]41c2ccccc2-c2ccccc21. The molecular formula is C66H59BN2Si3. The zero-order valence-corrected chi connectivity index (χ0v) is 46.2. The molecule has 0 radical (unpaired) electrons. The van der Waals surface area contributed by atoms with Crippen LogP contribution in [-0.2, 0) is 0 Å². The summed E-state index contributed by atoms with van der Waals surface area (Å²) in [7, 11) is -7.20. The van der Waals surface area contributed by atoms with Gasteiger partial charge in [0.2, 0.25) is 0 Å². The smallest absolute Gasteiger partial charge is 0.252 e. The molecule has 0 fully saturated rings. The monoisotopic (exact) mass is 974 g/mol. The highest BCUT2D eigenvalue weighted by Gasteiger charge is 2.57. The molecule has 6 heterocycles. The number of nitrogens with zero attached hydrogens (tertiary/aromatic N) is 2. The summed E-state index contributed by atoms with van der Waals surface area (Å²) < 4.78 is 5.60. The number of hydrogen-bond donors (Lipinski definition) is 0.